The summed E-state index contributed by atoms with van der Waals surface area (Å²) in [4.78, 5) is 21.2. The molecule has 0 radical (unpaired) electrons. The molecule has 1 aromatic heterocycles. The zero-order valence-corrected chi connectivity index (χ0v) is 21.9. The number of carbonyl (C=O) groups is 1. The Bertz CT molecular complexity index is 1220. The van der Waals surface area contributed by atoms with Crippen LogP contribution in [0.1, 0.15) is 64.4 Å². The quantitative estimate of drug-likeness (QED) is 0.243. The van der Waals surface area contributed by atoms with Crippen molar-refractivity contribution in [1.82, 2.24) is 4.98 Å². The third kappa shape index (κ3) is 1.94. The number of hydrogen-bond acceptors (Lipinski definition) is 10. The maximum atomic E-state index is 13.3. The van der Waals surface area contributed by atoms with Gasteiger partial charge in [0.2, 0.25) is 0 Å². The van der Waals surface area contributed by atoms with Crippen LogP contribution in [0.4, 0.5) is 0 Å². The van der Waals surface area contributed by atoms with Crippen molar-refractivity contribution >= 4 is 11.7 Å². The number of nitrogens with one attached hydrogen (secondary N) is 1. The lowest BCUT2D eigenvalue weighted by Crippen LogP contribution is -2.74. The molecule has 6 bridgehead atoms. The van der Waals surface area contributed by atoms with Crippen LogP contribution in [-0.4, -0.2) is 89.2 Å². The summed E-state index contributed by atoms with van der Waals surface area (Å²) in [5, 5.41) is 67.6. The zero-order valence-electron chi connectivity index (χ0n) is 21.9. The SMILES string of the molecule is CO/N=C1\[C@@H](C)CC[C@]2(O)[C@]3(C)C[C@]4(O)O[C@]12[C@]1(O)[C@@]3(O)[C@H](OC(=O)c2ccc[nH]2)[C@](O)(C(C)C)[C@@]14C. The normalized spacial score (nSPS) is 56.3. The van der Waals surface area contributed by atoms with Crippen molar-refractivity contribution in [3.63, 3.8) is 0 Å². The zero-order chi connectivity index (χ0) is 27.2. The van der Waals surface area contributed by atoms with Crippen LogP contribution in [0.25, 0.3) is 0 Å². The van der Waals surface area contributed by atoms with E-state index in [2.05, 4.69) is 10.1 Å². The van der Waals surface area contributed by atoms with Gasteiger partial charge < -0.3 is 44.8 Å². The molecule has 1 spiro atoms. The molecule has 7 rings (SSSR count). The first-order valence-electron chi connectivity index (χ1n) is 12.8. The third-order valence-corrected chi connectivity index (χ3v) is 11.3. The maximum absolute atomic E-state index is 13.3. The van der Waals surface area contributed by atoms with Crippen LogP contribution < -0.4 is 0 Å². The van der Waals surface area contributed by atoms with Gasteiger partial charge in [-0.05, 0) is 37.8 Å². The fourth-order valence-corrected chi connectivity index (χ4v) is 9.58. The van der Waals surface area contributed by atoms with Crippen LogP contribution in [0.3, 0.4) is 0 Å². The Hall–Kier alpha value is -2.02. The number of hydrogen-bond donors (Lipinski definition) is 6. The van der Waals surface area contributed by atoms with Crippen molar-refractivity contribution < 1.29 is 44.6 Å². The number of oxime groups is 1. The number of aliphatic hydroxyl groups is 5. The van der Waals surface area contributed by atoms with Crippen molar-refractivity contribution in [1.29, 1.82) is 0 Å². The van der Waals surface area contributed by atoms with E-state index in [1.165, 1.54) is 26.3 Å². The molecular formula is C26H36N2O9. The molecule has 2 aliphatic heterocycles. The minimum atomic E-state index is -2.55. The van der Waals surface area contributed by atoms with Crippen LogP contribution in [0, 0.1) is 22.7 Å². The first kappa shape index (κ1) is 25.3. The van der Waals surface area contributed by atoms with Gasteiger partial charge in [-0.2, -0.15) is 0 Å². The Labute approximate surface area is 214 Å². The number of rotatable bonds is 4. The van der Waals surface area contributed by atoms with Gasteiger partial charge in [0.25, 0.3) is 0 Å². The Kier molecular flexibility index (Phi) is 4.49. The molecule has 37 heavy (non-hydrogen) atoms. The lowest BCUT2D eigenvalue weighted by molar-refractivity contribution is -0.366. The predicted octanol–water partition coefficient (Wildman–Crippen LogP) is 0.454. The van der Waals surface area contributed by atoms with E-state index in [1.54, 1.807) is 26.8 Å². The van der Waals surface area contributed by atoms with E-state index in [0.29, 0.717) is 6.42 Å². The first-order chi connectivity index (χ1) is 17.1. The fraction of sp³-hybridized carbons (Fsp3) is 0.769. The van der Waals surface area contributed by atoms with Crippen LogP contribution >= 0.6 is 0 Å². The second-order valence-electron chi connectivity index (χ2n) is 12.5. The second kappa shape index (κ2) is 6.57. The Morgan fingerprint density at radius 1 is 1.22 bits per heavy atom. The van der Waals surface area contributed by atoms with Crippen LogP contribution in [-0.2, 0) is 14.3 Å². The van der Waals surface area contributed by atoms with E-state index in [0.717, 1.165) is 0 Å². The highest BCUT2D eigenvalue weighted by molar-refractivity contribution is 6.01. The number of esters is 1. The first-order valence-corrected chi connectivity index (χ1v) is 12.8. The van der Waals surface area contributed by atoms with Crippen molar-refractivity contribution in [3.05, 3.63) is 24.0 Å². The molecule has 6 N–H and O–H groups in total. The molecule has 6 fully saturated rings. The molecule has 0 unspecified atom stereocenters. The number of nitrogens with zero attached hydrogens (tertiary/aromatic N) is 1. The molecule has 11 nitrogen and oxygen atoms in total. The summed E-state index contributed by atoms with van der Waals surface area (Å²) in [5.74, 6) is -4.21. The van der Waals surface area contributed by atoms with E-state index in [4.69, 9.17) is 14.3 Å². The summed E-state index contributed by atoms with van der Waals surface area (Å²) in [6, 6.07) is 3.09. The van der Waals surface area contributed by atoms with Crippen molar-refractivity contribution in [2.75, 3.05) is 7.11 Å². The molecule has 6 aliphatic rings. The Morgan fingerprint density at radius 3 is 2.46 bits per heavy atom. The number of ether oxygens (including phenoxy) is 2. The smallest absolute Gasteiger partial charge is 0.355 e. The summed E-state index contributed by atoms with van der Waals surface area (Å²) >= 11 is 0. The molecule has 4 aliphatic carbocycles. The van der Waals surface area contributed by atoms with Crippen LogP contribution in [0.15, 0.2) is 23.5 Å². The Balaban J connectivity index is 1.71. The van der Waals surface area contributed by atoms with E-state index < -0.39 is 62.6 Å². The van der Waals surface area contributed by atoms with E-state index >= 15 is 0 Å². The third-order valence-electron chi connectivity index (χ3n) is 11.3. The minimum absolute atomic E-state index is 0.0791. The molecule has 2 saturated heterocycles. The summed E-state index contributed by atoms with van der Waals surface area (Å²) in [5.41, 5.74) is -14.9. The van der Waals surface area contributed by atoms with Crippen LogP contribution in [0.2, 0.25) is 0 Å². The highest BCUT2D eigenvalue weighted by atomic mass is 16.7. The highest BCUT2D eigenvalue weighted by Crippen LogP contribution is 2.90. The molecule has 11 heteroatoms. The number of aromatic nitrogens is 1. The summed E-state index contributed by atoms with van der Waals surface area (Å²) in [6.45, 7) is 8.13. The van der Waals surface area contributed by atoms with Gasteiger partial charge in [-0.25, -0.2) is 4.79 Å². The Morgan fingerprint density at radius 2 is 1.89 bits per heavy atom. The van der Waals surface area contributed by atoms with Crippen molar-refractivity contribution in [2.24, 2.45) is 27.8 Å². The van der Waals surface area contributed by atoms with Crippen molar-refractivity contribution in [3.8, 4) is 0 Å². The summed E-state index contributed by atoms with van der Waals surface area (Å²) in [6.07, 6.45) is -0.0134. The fourth-order valence-electron chi connectivity index (χ4n) is 9.58. The standard InChI is InChI=1S/C26H36N2O9/c1-13(2)23(32)18(36-17(29)15-8-7-11-27-15)24(33)19(4)12-22(31)20(23,5)26(24,34)25(37-22)16(28-35-6)14(3)9-10-21(19,25)30/h7-8,11,13-14,18,27,30-34H,9-10,12H2,1-6H3/b28-16+/t14-,18+,19-,20-,21-,22-,23+,24+,25+,26+/m0/s1. The molecule has 0 amide bonds. The molecule has 4 saturated carbocycles. The maximum Gasteiger partial charge on any atom is 0.355 e. The highest BCUT2D eigenvalue weighted by Gasteiger charge is 3.10. The number of carbonyl (C=O) groups excluding carboxylic acids is 1. The van der Waals surface area contributed by atoms with Gasteiger partial charge in [0.05, 0.1) is 11.1 Å². The van der Waals surface area contributed by atoms with Gasteiger partial charge in [-0.3, -0.25) is 0 Å². The average molecular weight is 521 g/mol. The molecule has 10 atom stereocenters. The molecule has 204 valence electrons. The van der Waals surface area contributed by atoms with Gasteiger partial charge in [0.1, 0.15) is 35.2 Å². The van der Waals surface area contributed by atoms with E-state index in [1.807, 2.05) is 6.92 Å². The van der Waals surface area contributed by atoms with Gasteiger partial charge in [-0.15, -0.1) is 0 Å². The van der Waals surface area contributed by atoms with Crippen molar-refractivity contribution in [2.45, 2.75) is 93.8 Å². The molecule has 0 aromatic carbocycles. The summed E-state index contributed by atoms with van der Waals surface area (Å²) < 4.78 is 12.3. The molecular weight excluding hydrogens is 484 g/mol. The van der Waals surface area contributed by atoms with Gasteiger partial charge in [-0.1, -0.05) is 32.9 Å². The predicted molar refractivity (Wildman–Crippen MR) is 127 cm³/mol. The monoisotopic (exact) mass is 520 g/mol. The number of H-pyrrole nitrogens is 1. The van der Waals surface area contributed by atoms with Gasteiger partial charge in [0, 0.05) is 24.0 Å². The average Bonchev–Trinajstić information content (AvgIpc) is 3.45. The molecule has 3 heterocycles. The second-order valence-corrected chi connectivity index (χ2v) is 12.5. The lowest BCUT2D eigenvalue weighted by atomic mass is 9.52. The van der Waals surface area contributed by atoms with E-state index in [-0.39, 0.29) is 30.2 Å². The topological polar surface area (TPSA) is 174 Å². The van der Waals surface area contributed by atoms with E-state index in [9.17, 15) is 30.3 Å². The lowest BCUT2D eigenvalue weighted by Gasteiger charge is -2.59. The van der Waals surface area contributed by atoms with Gasteiger partial charge in [0.15, 0.2) is 17.5 Å². The minimum Gasteiger partial charge on any atom is -0.451 e. The van der Waals surface area contributed by atoms with Gasteiger partial charge >= 0.3 is 5.97 Å². The summed E-state index contributed by atoms with van der Waals surface area (Å²) in [7, 11) is 1.32. The molecule has 1 aromatic rings. The largest absolute Gasteiger partial charge is 0.451 e. The van der Waals surface area contributed by atoms with Crippen LogP contribution in [0.5, 0.6) is 0 Å². The number of aromatic amines is 1.